The number of rotatable bonds is 6. The van der Waals surface area contributed by atoms with E-state index in [2.05, 4.69) is 22.1 Å². The van der Waals surface area contributed by atoms with Crippen LogP contribution in [-0.2, 0) is 20.8 Å². The van der Waals surface area contributed by atoms with E-state index in [-0.39, 0.29) is 18.1 Å². The zero-order chi connectivity index (χ0) is 16.8. The maximum absolute atomic E-state index is 11.9. The van der Waals surface area contributed by atoms with Crippen molar-refractivity contribution in [1.29, 1.82) is 0 Å². The zero-order valence-electron chi connectivity index (χ0n) is 14.4. The number of nitrogens with zero attached hydrogens (tertiary/aromatic N) is 2. The third kappa shape index (κ3) is 4.92. The molecule has 24 heavy (non-hydrogen) atoms. The molecule has 6 heteroatoms. The maximum Gasteiger partial charge on any atom is 0.220 e. The van der Waals surface area contributed by atoms with Crippen LogP contribution in [0.5, 0.6) is 0 Å². The molecule has 3 heterocycles. The van der Waals surface area contributed by atoms with Gasteiger partial charge in [-0.3, -0.25) is 4.79 Å². The number of carbonyl (C=O) groups excluding carboxylic acids is 1. The van der Waals surface area contributed by atoms with E-state index < -0.39 is 0 Å². The van der Waals surface area contributed by atoms with E-state index in [9.17, 15) is 4.79 Å². The van der Waals surface area contributed by atoms with Gasteiger partial charge < -0.3 is 19.7 Å². The summed E-state index contributed by atoms with van der Waals surface area (Å²) in [5.41, 5.74) is 1.02. The molecule has 3 rings (SSSR count). The highest BCUT2D eigenvalue weighted by atomic mass is 16.5. The van der Waals surface area contributed by atoms with Gasteiger partial charge in [0.05, 0.1) is 18.8 Å². The van der Waals surface area contributed by atoms with E-state index in [0.29, 0.717) is 13.0 Å². The lowest BCUT2D eigenvalue weighted by Crippen LogP contribution is -2.41. The van der Waals surface area contributed by atoms with E-state index >= 15 is 0 Å². The number of morpholine rings is 1. The molecule has 0 radical (unpaired) electrons. The van der Waals surface area contributed by atoms with Crippen LogP contribution < -0.4 is 10.2 Å². The van der Waals surface area contributed by atoms with Crippen LogP contribution in [0, 0.1) is 0 Å². The number of amides is 1. The predicted molar refractivity (Wildman–Crippen MR) is 91.9 cm³/mol. The van der Waals surface area contributed by atoms with Crippen molar-refractivity contribution in [2.24, 2.45) is 0 Å². The molecular formula is C18H27N3O3. The highest BCUT2D eigenvalue weighted by Crippen LogP contribution is 2.17. The number of aromatic nitrogens is 1. The fraction of sp³-hybridized carbons (Fsp3) is 0.667. The SMILES string of the molecule is C[C@H]1CN(c2ccc(CNC(=O)CC[C@H]3CCCO3)cn2)CCO1. The van der Waals surface area contributed by atoms with E-state index in [4.69, 9.17) is 9.47 Å². The molecule has 0 aliphatic carbocycles. The minimum Gasteiger partial charge on any atom is -0.378 e. The lowest BCUT2D eigenvalue weighted by Gasteiger charge is -2.32. The second kappa shape index (κ2) is 8.44. The summed E-state index contributed by atoms with van der Waals surface area (Å²) in [6.45, 7) is 5.92. The van der Waals surface area contributed by atoms with Gasteiger partial charge in [-0.1, -0.05) is 6.07 Å². The van der Waals surface area contributed by atoms with Crippen LogP contribution in [0.25, 0.3) is 0 Å². The first kappa shape index (κ1) is 17.2. The van der Waals surface area contributed by atoms with Crippen LogP contribution in [0.1, 0.15) is 38.2 Å². The highest BCUT2D eigenvalue weighted by molar-refractivity contribution is 5.75. The van der Waals surface area contributed by atoms with Crippen molar-refractivity contribution in [3.63, 3.8) is 0 Å². The van der Waals surface area contributed by atoms with E-state index in [1.165, 1.54) is 0 Å². The molecule has 0 unspecified atom stereocenters. The van der Waals surface area contributed by atoms with E-state index in [1.807, 2.05) is 18.3 Å². The number of ether oxygens (including phenoxy) is 2. The Labute approximate surface area is 143 Å². The molecule has 0 aromatic carbocycles. The van der Waals surface area contributed by atoms with Gasteiger partial charge in [-0.25, -0.2) is 4.98 Å². The molecule has 1 aromatic rings. The standard InChI is InChI=1S/C18H27N3O3/c1-14-13-21(8-10-23-14)17-6-4-15(11-19-17)12-20-18(22)7-5-16-3-2-9-24-16/h4,6,11,14,16H,2-3,5,7-10,12-13H2,1H3,(H,20,22)/t14-,16+/m0/s1. The van der Waals surface area contributed by atoms with Crippen LogP contribution in [0.15, 0.2) is 18.3 Å². The summed E-state index contributed by atoms with van der Waals surface area (Å²) in [4.78, 5) is 18.7. The highest BCUT2D eigenvalue weighted by Gasteiger charge is 2.18. The van der Waals surface area contributed by atoms with Gasteiger partial charge in [0.15, 0.2) is 0 Å². The Kier molecular flexibility index (Phi) is 6.04. The Balaban J connectivity index is 1.41. The van der Waals surface area contributed by atoms with Crippen LogP contribution in [0.3, 0.4) is 0 Å². The number of nitrogens with one attached hydrogen (secondary N) is 1. The fourth-order valence-electron chi connectivity index (χ4n) is 3.19. The van der Waals surface area contributed by atoms with Crippen LogP contribution >= 0.6 is 0 Å². The summed E-state index contributed by atoms with van der Waals surface area (Å²) >= 11 is 0. The molecule has 1 N–H and O–H groups in total. The molecule has 0 spiro atoms. The number of hydrogen-bond donors (Lipinski definition) is 1. The van der Waals surface area contributed by atoms with Gasteiger partial charge in [-0.15, -0.1) is 0 Å². The van der Waals surface area contributed by atoms with Crippen molar-refractivity contribution in [2.75, 3.05) is 31.2 Å². The molecule has 6 nitrogen and oxygen atoms in total. The molecule has 1 aromatic heterocycles. The van der Waals surface area contributed by atoms with Gasteiger partial charge in [0.25, 0.3) is 0 Å². The lowest BCUT2D eigenvalue weighted by molar-refractivity contribution is -0.121. The minimum absolute atomic E-state index is 0.0802. The van der Waals surface area contributed by atoms with Crippen molar-refractivity contribution in [3.05, 3.63) is 23.9 Å². The molecular weight excluding hydrogens is 306 g/mol. The second-order valence-electron chi connectivity index (χ2n) is 6.60. The smallest absolute Gasteiger partial charge is 0.220 e. The summed E-state index contributed by atoms with van der Waals surface area (Å²) in [6, 6.07) is 4.05. The first-order valence-corrected chi connectivity index (χ1v) is 8.90. The number of hydrogen-bond acceptors (Lipinski definition) is 5. The minimum atomic E-state index is 0.0802. The summed E-state index contributed by atoms with van der Waals surface area (Å²) in [7, 11) is 0. The summed E-state index contributed by atoms with van der Waals surface area (Å²) in [5.74, 6) is 1.05. The first-order valence-electron chi connectivity index (χ1n) is 8.90. The van der Waals surface area contributed by atoms with Crippen molar-refractivity contribution < 1.29 is 14.3 Å². The average molecular weight is 333 g/mol. The molecule has 0 bridgehead atoms. The summed E-state index contributed by atoms with van der Waals surface area (Å²) in [5, 5.41) is 2.96. The molecule has 2 saturated heterocycles. The Bertz CT molecular complexity index is 529. The van der Waals surface area contributed by atoms with Gasteiger partial charge in [-0.2, -0.15) is 0 Å². The largest absolute Gasteiger partial charge is 0.378 e. The molecule has 2 atom stereocenters. The zero-order valence-corrected chi connectivity index (χ0v) is 14.4. The van der Waals surface area contributed by atoms with Gasteiger partial charge in [0, 0.05) is 38.9 Å². The van der Waals surface area contributed by atoms with Crippen molar-refractivity contribution in [2.45, 2.75) is 51.4 Å². The molecule has 132 valence electrons. The van der Waals surface area contributed by atoms with Gasteiger partial charge >= 0.3 is 0 Å². The summed E-state index contributed by atoms with van der Waals surface area (Å²) in [6.07, 6.45) is 5.90. The molecule has 2 fully saturated rings. The normalized spacial score (nSPS) is 24.1. The Hall–Kier alpha value is -1.66. The van der Waals surface area contributed by atoms with Crippen molar-refractivity contribution in [1.82, 2.24) is 10.3 Å². The van der Waals surface area contributed by atoms with Gasteiger partial charge in [0.1, 0.15) is 5.82 Å². The Morgan fingerprint density at radius 3 is 3.00 bits per heavy atom. The molecule has 2 aliphatic rings. The van der Waals surface area contributed by atoms with E-state index in [0.717, 1.165) is 56.9 Å². The topological polar surface area (TPSA) is 63.7 Å². The quantitative estimate of drug-likeness (QED) is 0.861. The Morgan fingerprint density at radius 1 is 1.38 bits per heavy atom. The summed E-state index contributed by atoms with van der Waals surface area (Å²) < 4.78 is 11.1. The van der Waals surface area contributed by atoms with Crippen LogP contribution in [0.4, 0.5) is 5.82 Å². The third-order valence-electron chi connectivity index (χ3n) is 4.58. The number of carbonyl (C=O) groups is 1. The Morgan fingerprint density at radius 2 is 2.29 bits per heavy atom. The number of pyridine rings is 1. The fourth-order valence-corrected chi connectivity index (χ4v) is 3.19. The average Bonchev–Trinajstić information content (AvgIpc) is 3.12. The van der Waals surface area contributed by atoms with Gasteiger partial charge in [-0.05, 0) is 37.8 Å². The maximum atomic E-state index is 11.9. The van der Waals surface area contributed by atoms with Crippen LogP contribution in [-0.4, -0.2) is 49.4 Å². The van der Waals surface area contributed by atoms with Crippen molar-refractivity contribution in [3.8, 4) is 0 Å². The van der Waals surface area contributed by atoms with E-state index in [1.54, 1.807) is 0 Å². The lowest BCUT2D eigenvalue weighted by atomic mass is 10.1. The first-order chi connectivity index (χ1) is 11.7. The monoisotopic (exact) mass is 333 g/mol. The molecule has 2 aliphatic heterocycles. The predicted octanol–water partition coefficient (Wildman–Crippen LogP) is 1.88. The van der Waals surface area contributed by atoms with Crippen LogP contribution in [0.2, 0.25) is 0 Å². The molecule has 0 saturated carbocycles. The third-order valence-corrected chi connectivity index (χ3v) is 4.58. The van der Waals surface area contributed by atoms with Crippen molar-refractivity contribution >= 4 is 11.7 Å². The number of anilines is 1. The van der Waals surface area contributed by atoms with Gasteiger partial charge in [0.2, 0.25) is 5.91 Å². The second-order valence-corrected chi connectivity index (χ2v) is 6.60. The molecule has 1 amide bonds.